The van der Waals surface area contributed by atoms with Gasteiger partial charge in [0.25, 0.3) is 0 Å². The van der Waals surface area contributed by atoms with Crippen molar-refractivity contribution < 1.29 is 4.74 Å². The number of allylic oxidation sites excluding steroid dienone is 1. The number of ether oxygens (including phenoxy) is 1. The second-order valence-corrected chi connectivity index (χ2v) is 6.24. The first-order valence-corrected chi connectivity index (χ1v) is 6.85. The van der Waals surface area contributed by atoms with E-state index >= 15 is 0 Å². The minimum Gasteiger partial charge on any atom is -0.483 e. The summed E-state index contributed by atoms with van der Waals surface area (Å²) in [6, 6.07) is 4.33. The van der Waals surface area contributed by atoms with E-state index in [0.717, 1.165) is 16.6 Å². The summed E-state index contributed by atoms with van der Waals surface area (Å²) in [6.07, 6.45) is 5.44. The van der Waals surface area contributed by atoms with Crippen LogP contribution < -0.4 is 4.74 Å². The van der Waals surface area contributed by atoms with E-state index in [9.17, 15) is 0 Å². The van der Waals surface area contributed by atoms with Crippen LogP contribution in [0.15, 0.2) is 28.8 Å². The molecule has 1 atom stereocenters. The van der Waals surface area contributed by atoms with Crippen LogP contribution in [0.4, 0.5) is 0 Å². The van der Waals surface area contributed by atoms with Crippen LogP contribution in [0.1, 0.15) is 44.2 Å². The third-order valence-corrected chi connectivity index (χ3v) is 4.06. The molecule has 0 saturated carbocycles. The van der Waals surface area contributed by atoms with Crippen molar-refractivity contribution in [2.24, 2.45) is 0 Å². The molecule has 1 aromatic rings. The lowest BCUT2D eigenvalue weighted by Gasteiger charge is -2.29. The summed E-state index contributed by atoms with van der Waals surface area (Å²) in [5.41, 5.74) is 2.28. The highest BCUT2D eigenvalue weighted by Gasteiger charge is 2.22. The summed E-state index contributed by atoms with van der Waals surface area (Å²) in [6.45, 7) is 8.54. The van der Waals surface area contributed by atoms with Gasteiger partial charge in [-0.25, -0.2) is 0 Å². The van der Waals surface area contributed by atoms with Gasteiger partial charge in [-0.2, -0.15) is 0 Å². The molecule has 0 spiro atoms. The average Bonchev–Trinajstić information content (AvgIpc) is 2.20. The van der Waals surface area contributed by atoms with Gasteiger partial charge in [-0.1, -0.05) is 28.9 Å². The predicted octanol–water partition coefficient (Wildman–Crippen LogP) is 4.98. The molecule has 0 unspecified atom stereocenters. The molecule has 0 aliphatic carbocycles. The van der Waals surface area contributed by atoms with Crippen LogP contribution >= 0.6 is 15.9 Å². The van der Waals surface area contributed by atoms with Crippen molar-refractivity contribution in [2.75, 3.05) is 0 Å². The van der Waals surface area contributed by atoms with Crippen molar-refractivity contribution in [3.05, 3.63) is 39.9 Å². The maximum atomic E-state index is 6.12. The molecule has 0 aromatic heterocycles. The van der Waals surface area contributed by atoms with Crippen LogP contribution in [0.5, 0.6) is 5.75 Å². The first-order valence-electron chi connectivity index (χ1n) is 6.06. The minimum absolute atomic E-state index is 0.227. The number of halogens is 1. The molecule has 2 rings (SSSR count). The molecule has 0 fully saturated rings. The van der Waals surface area contributed by atoms with Crippen molar-refractivity contribution in [3.63, 3.8) is 0 Å². The second-order valence-electron chi connectivity index (χ2n) is 5.38. The zero-order valence-electron chi connectivity index (χ0n) is 10.9. The molecular weight excluding hydrogens is 276 g/mol. The van der Waals surface area contributed by atoms with Crippen molar-refractivity contribution >= 4 is 15.9 Å². The van der Waals surface area contributed by atoms with Gasteiger partial charge >= 0.3 is 0 Å². The van der Waals surface area contributed by atoms with Gasteiger partial charge in [-0.05, 0) is 62.4 Å². The van der Waals surface area contributed by atoms with E-state index in [-0.39, 0.29) is 5.60 Å². The molecular formula is C15H19BrO. The Morgan fingerprint density at radius 3 is 2.76 bits per heavy atom. The van der Waals surface area contributed by atoms with Gasteiger partial charge in [0.2, 0.25) is 0 Å². The van der Waals surface area contributed by atoms with Crippen LogP contribution in [-0.4, -0.2) is 5.60 Å². The molecule has 2 heteroatoms. The molecule has 0 N–H and O–H groups in total. The molecule has 1 aliphatic rings. The van der Waals surface area contributed by atoms with E-state index in [1.165, 1.54) is 11.1 Å². The van der Waals surface area contributed by atoms with Gasteiger partial charge in [0.1, 0.15) is 11.4 Å². The lowest BCUT2D eigenvalue weighted by Crippen LogP contribution is -2.27. The summed E-state index contributed by atoms with van der Waals surface area (Å²) in [5.74, 6) is 1.52. The molecule has 1 heterocycles. The molecule has 1 aromatic carbocycles. The summed E-state index contributed by atoms with van der Waals surface area (Å²) in [7, 11) is 0. The van der Waals surface area contributed by atoms with E-state index in [1.54, 1.807) is 0 Å². The van der Waals surface area contributed by atoms with E-state index in [2.05, 4.69) is 67.9 Å². The molecule has 17 heavy (non-hydrogen) atoms. The number of hydrogen-bond acceptors (Lipinski definition) is 1. The summed E-state index contributed by atoms with van der Waals surface area (Å²) in [4.78, 5) is 0. The fourth-order valence-electron chi connectivity index (χ4n) is 2.14. The Balaban J connectivity index is 2.52. The van der Waals surface area contributed by atoms with Crippen LogP contribution in [-0.2, 0) is 0 Å². The molecule has 0 saturated heterocycles. The highest BCUT2D eigenvalue weighted by atomic mass is 79.9. The Morgan fingerprint density at radius 2 is 2.06 bits per heavy atom. The number of hydrogen-bond donors (Lipinski definition) is 0. The molecule has 0 radical (unpaired) electrons. The van der Waals surface area contributed by atoms with Crippen molar-refractivity contribution in [2.45, 2.75) is 45.6 Å². The van der Waals surface area contributed by atoms with E-state index in [0.29, 0.717) is 5.92 Å². The maximum absolute atomic E-state index is 6.12. The minimum atomic E-state index is -0.227. The van der Waals surface area contributed by atoms with Crippen molar-refractivity contribution in [3.8, 4) is 5.75 Å². The third-order valence-electron chi connectivity index (χ3n) is 3.20. The van der Waals surface area contributed by atoms with Crippen molar-refractivity contribution in [1.82, 2.24) is 0 Å². The molecule has 92 valence electrons. The van der Waals surface area contributed by atoms with Gasteiger partial charge in [-0.3, -0.25) is 0 Å². The van der Waals surface area contributed by atoms with Gasteiger partial charge in [0.15, 0.2) is 0 Å². The highest BCUT2D eigenvalue weighted by molar-refractivity contribution is 9.10. The number of fused-ring (bicyclic) bond motifs is 1. The van der Waals surface area contributed by atoms with Gasteiger partial charge in [0.05, 0.1) is 0 Å². The van der Waals surface area contributed by atoms with Gasteiger partial charge in [0, 0.05) is 4.47 Å². The summed E-state index contributed by atoms with van der Waals surface area (Å²) in [5, 5.41) is 0. The Kier molecular flexibility index (Phi) is 3.35. The topological polar surface area (TPSA) is 9.23 Å². The Labute approximate surface area is 112 Å². The number of aryl methyl sites for hydroxylation is 1. The summed E-state index contributed by atoms with van der Waals surface area (Å²) < 4.78 is 7.28. The van der Waals surface area contributed by atoms with Gasteiger partial charge < -0.3 is 4.74 Å². The maximum Gasteiger partial charge on any atom is 0.124 e. The fourth-order valence-corrected chi connectivity index (χ4v) is 2.51. The third kappa shape index (κ3) is 2.74. The zero-order valence-corrected chi connectivity index (χ0v) is 12.5. The quantitative estimate of drug-likeness (QED) is 0.613. The lowest BCUT2D eigenvalue weighted by molar-refractivity contribution is 0.157. The number of benzene rings is 1. The fraction of sp³-hybridized carbons (Fsp3) is 0.467. The molecule has 1 nitrogen and oxygen atoms in total. The number of rotatable bonds is 0. The monoisotopic (exact) mass is 294 g/mol. The second kappa shape index (κ2) is 4.49. The molecule has 0 bridgehead atoms. The van der Waals surface area contributed by atoms with Crippen LogP contribution in [0.25, 0.3) is 0 Å². The Morgan fingerprint density at radius 1 is 1.35 bits per heavy atom. The lowest BCUT2D eigenvalue weighted by atomic mass is 9.93. The average molecular weight is 295 g/mol. The van der Waals surface area contributed by atoms with Crippen molar-refractivity contribution in [1.29, 1.82) is 0 Å². The van der Waals surface area contributed by atoms with Crippen LogP contribution in [0.2, 0.25) is 0 Å². The largest absolute Gasteiger partial charge is 0.483 e. The van der Waals surface area contributed by atoms with E-state index < -0.39 is 0 Å². The first-order chi connectivity index (χ1) is 7.89. The smallest absolute Gasteiger partial charge is 0.124 e. The summed E-state index contributed by atoms with van der Waals surface area (Å²) >= 11 is 3.60. The predicted molar refractivity (Wildman–Crippen MR) is 75.8 cm³/mol. The SMILES string of the molecule is Cc1cc2c(cc1Br)[C@@H](C)C/C=C\C(C)(C)O2. The first kappa shape index (κ1) is 12.7. The molecule has 1 aliphatic heterocycles. The van der Waals surface area contributed by atoms with E-state index in [1.807, 2.05) is 0 Å². The van der Waals surface area contributed by atoms with Crippen LogP contribution in [0.3, 0.4) is 0 Å². The van der Waals surface area contributed by atoms with E-state index in [4.69, 9.17) is 4.74 Å². The van der Waals surface area contributed by atoms with Crippen LogP contribution in [0, 0.1) is 6.92 Å². The highest BCUT2D eigenvalue weighted by Crippen LogP contribution is 2.37. The van der Waals surface area contributed by atoms with Gasteiger partial charge in [-0.15, -0.1) is 0 Å². The molecule has 0 amide bonds. The zero-order chi connectivity index (χ0) is 12.6. The standard InChI is InChI=1S/C15H19BrO/c1-10-6-5-7-15(3,4)17-14-8-11(2)13(16)9-12(10)14/h5,7-10H,6H2,1-4H3/b7-5-/t10-/m0/s1. The normalized spacial score (nSPS) is 24.2. The Bertz CT molecular complexity index is 460. The Hall–Kier alpha value is -0.760.